The number of benzene rings is 5. The third-order valence-electron chi connectivity index (χ3n) is 13.3. The van der Waals surface area contributed by atoms with E-state index >= 15 is 0 Å². The van der Waals surface area contributed by atoms with E-state index < -0.39 is 30.5 Å². The number of nitrogens with one attached hydrogen (secondary N) is 2. The van der Waals surface area contributed by atoms with Gasteiger partial charge in [0.1, 0.15) is 67.7 Å². The lowest BCUT2D eigenvalue weighted by Crippen LogP contribution is -2.50. The maximum Gasteiger partial charge on any atom is 0.122 e. The second-order valence-corrected chi connectivity index (χ2v) is 20.2. The van der Waals surface area contributed by atoms with Crippen molar-refractivity contribution < 1.29 is 54.0 Å². The fourth-order valence-corrected chi connectivity index (χ4v) is 8.70. The predicted octanol–water partition coefficient (Wildman–Crippen LogP) is 8.26. The molecule has 0 aliphatic heterocycles. The van der Waals surface area contributed by atoms with Gasteiger partial charge in [0.15, 0.2) is 0 Å². The molecule has 14 heteroatoms. The minimum atomic E-state index is -0.863. The molecule has 5 aromatic rings. The number of allylic oxidation sites excluding steroid dienone is 3. The van der Waals surface area contributed by atoms with Crippen molar-refractivity contribution in [3.05, 3.63) is 185 Å². The summed E-state index contributed by atoms with van der Waals surface area (Å²) in [7, 11) is 3.00. The first-order valence-corrected chi connectivity index (χ1v) is 26.2. The van der Waals surface area contributed by atoms with Crippen LogP contribution < -0.4 is 29.7 Å². The van der Waals surface area contributed by atoms with Gasteiger partial charge in [0.05, 0.1) is 25.4 Å². The van der Waals surface area contributed by atoms with E-state index in [2.05, 4.69) is 76.7 Å². The van der Waals surface area contributed by atoms with E-state index in [-0.39, 0.29) is 76.7 Å². The number of ether oxygens (including phenoxy) is 6. The van der Waals surface area contributed by atoms with Crippen molar-refractivity contribution in [2.75, 3.05) is 80.0 Å². The van der Waals surface area contributed by atoms with Crippen molar-refractivity contribution in [2.45, 2.75) is 82.9 Å². The first kappa shape index (κ1) is 61.6. The van der Waals surface area contributed by atoms with Gasteiger partial charge in [-0.15, -0.1) is 0 Å². The Morgan fingerprint density at radius 1 is 0.545 bits per heavy atom. The first-order chi connectivity index (χ1) is 36.9. The lowest BCUT2D eigenvalue weighted by molar-refractivity contribution is -0.0182. The van der Waals surface area contributed by atoms with Gasteiger partial charge in [-0.2, -0.15) is 0 Å². The first-order valence-electron chi connectivity index (χ1n) is 26.2. The standard InChI is InChI=1S/C63H83N3O11/c1-11-14-46-33-60(44(4)32-45(46)13-3)61(15-12-2)64-34-51(67)40-74-56-24-16-47(17-25-56)62(5,6)49-20-28-58(29-21-49)76-42-55(71)43-77-59-30-22-50(23-31-59)63(7,8)48-18-26-57(27-19-48)75-41-52(68)35-65-66(36-53(69)38-72-9)37-54(70)39-73-10/h11-33,51-55,64-65,67-71H,2-3,34-43H2,1,4-10H3/b14-11-,61-15+. The van der Waals surface area contributed by atoms with Crippen LogP contribution in [-0.4, -0.2) is 141 Å². The van der Waals surface area contributed by atoms with Crippen molar-refractivity contribution in [3.63, 3.8) is 0 Å². The van der Waals surface area contributed by atoms with Gasteiger partial charge in [0, 0.05) is 62.5 Å². The molecule has 0 saturated heterocycles. The van der Waals surface area contributed by atoms with Crippen LogP contribution in [0.15, 0.2) is 141 Å². The van der Waals surface area contributed by atoms with Gasteiger partial charge in [-0.25, -0.2) is 5.01 Å². The molecule has 0 bridgehead atoms. The summed E-state index contributed by atoms with van der Waals surface area (Å²) in [6.45, 7) is 21.8. The quantitative estimate of drug-likeness (QED) is 0.0154. The third-order valence-corrected chi connectivity index (χ3v) is 13.3. The van der Waals surface area contributed by atoms with Crippen molar-refractivity contribution in [1.29, 1.82) is 0 Å². The Balaban J connectivity index is 1.03. The van der Waals surface area contributed by atoms with Crippen LogP contribution in [0.3, 0.4) is 0 Å². The van der Waals surface area contributed by atoms with Gasteiger partial charge in [-0.05, 0) is 113 Å². The van der Waals surface area contributed by atoms with E-state index in [1.165, 1.54) is 14.2 Å². The highest BCUT2D eigenvalue weighted by Crippen LogP contribution is 2.35. The Morgan fingerprint density at radius 2 is 0.935 bits per heavy atom. The summed E-state index contributed by atoms with van der Waals surface area (Å²) in [6, 6.07) is 35.6. The number of aliphatic hydroxyl groups is 5. The molecular weight excluding hydrogens is 975 g/mol. The topological polar surface area (TPSA) is 184 Å². The Bertz CT molecular complexity index is 2600. The molecule has 0 radical (unpaired) electrons. The number of nitrogens with zero attached hydrogens (tertiary/aromatic N) is 1. The summed E-state index contributed by atoms with van der Waals surface area (Å²) >= 11 is 0. The van der Waals surface area contributed by atoms with Crippen molar-refractivity contribution in [2.24, 2.45) is 0 Å². The van der Waals surface area contributed by atoms with Crippen LogP contribution in [0.25, 0.3) is 17.8 Å². The lowest BCUT2D eigenvalue weighted by Gasteiger charge is -2.28. The zero-order chi connectivity index (χ0) is 56.0. The molecule has 0 aliphatic carbocycles. The summed E-state index contributed by atoms with van der Waals surface area (Å²) < 4.78 is 33.8. The molecule has 0 aromatic heterocycles. The largest absolute Gasteiger partial charge is 0.491 e. The highest BCUT2D eigenvalue weighted by atomic mass is 16.5. The van der Waals surface area contributed by atoms with Gasteiger partial charge in [0.2, 0.25) is 0 Å². The molecule has 416 valence electrons. The molecule has 0 saturated carbocycles. The second kappa shape index (κ2) is 30.6. The summed E-state index contributed by atoms with van der Waals surface area (Å²) in [5, 5.41) is 57.7. The van der Waals surface area contributed by atoms with E-state index in [9.17, 15) is 25.5 Å². The minimum absolute atomic E-state index is 0.0338. The second-order valence-electron chi connectivity index (χ2n) is 20.2. The monoisotopic (exact) mass is 1060 g/mol. The van der Waals surface area contributed by atoms with Gasteiger partial charge >= 0.3 is 0 Å². The maximum atomic E-state index is 10.9. The van der Waals surface area contributed by atoms with Crippen molar-refractivity contribution >= 4 is 17.8 Å². The third kappa shape index (κ3) is 19.0. The fourth-order valence-electron chi connectivity index (χ4n) is 8.70. The molecule has 5 unspecified atom stereocenters. The Morgan fingerprint density at radius 3 is 1.30 bits per heavy atom. The number of methoxy groups -OCH3 is 2. The molecule has 0 aliphatic rings. The van der Waals surface area contributed by atoms with Crippen LogP contribution in [0.1, 0.15) is 79.1 Å². The number of hydrogen-bond acceptors (Lipinski definition) is 14. The fraction of sp³-hybridized carbons (Fsp3) is 0.397. The Labute approximate surface area is 456 Å². The van der Waals surface area contributed by atoms with Crippen LogP contribution in [0.2, 0.25) is 0 Å². The van der Waals surface area contributed by atoms with E-state index in [1.807, 2.05) is 122 Å². The van der Waals surface area contributed by atoms with Crippen molar-refractivity contribution in [3.8, 4) is 23.0 Å². The zero-order valence-electron chi connectivity index (χ0n) is 46.3. The van der Waals surface area contributed by atoms with Crippen molar-refractivity contribution in [1.82, 2.24) is 15.8 Å². The Kier molecular flexibility index (Phi) is 24.5. The van der Waals surface area contributed by atoms with E-state index in [1.54, 1.807) is 11.1 Å². The summed E-state index contributed by atoms with van der Waals surface area (Å²) in [5.41, 5.74) is 11.8. The molecule has 0 fully saturated rings. The molecule has 14 nitrogen and oxygen atoms in total. The van der Waals surface area contributed by atoms with E-state index in [0.717, 1.165) is 50.2 Å². The number of aliphatic hydroxyl groups excluding tert-OH is 5. The number of hydrogen-bond donors (Lipinski definition) is 7. The molecule has 5 rings (SSSR count). The van der Waals surface area contributed by atoms with Gasteiger partial charge in [-0.3, -0.25) is 5.43 Å². The average molecular weight is 1060 g/mol. The molecule has 7 N–H and O–H groups in total. The average Bonchev–Trinajstić information content (AvgIpc) is 3.42. The predicted molar refractivity (Wildman–Crippen MR) is 308 cm³/mol. The van der Waals surface area contributed by atoms with Crippen LogP contribution in [0.4, 0.5) is 0 Å². The van der Waals surface area contributed by atoms with Gasteiger partial charge < -0.3 is 59.3 Å². The highest BCUT2D eigenvalue weighted by molar-refractivity contribution is 5.75. The Hall–Kier alpha value is -6.30. The van der Waals surface area contributed by atoms with Gasteiger partial charge in [-0.1, -0.05) is 120 Å². The number of aryl methyl sites for hydroxylation is 1. The number of hydrazine groups is 1. The zero-order valence-corrected chi connectivity index (χ0v) is 46.3. The van der Waals surface area contributed by atoms with Crippen LogP contribution in [-0.2, 0) is 20.3 Å². The smallest absolute Gasteiger partial charge is 0.122 e. The summed E-state index contributed by atoms with van der Waals surface area (Å²) in [5.74, 6) is 2.54. The molecule has 0 spiro atoms. The number of rotatable bonds is 34. The van der Waals surface area contributed by atoms with Crippen LogP contribution >= 0.6 is 0 Å². The van der Waals surface area contributed by atoms with E-state index in [4.69, 9.17) is 28.4 Å². The van der Waals surface area contributed by atoms with Crippen LogP contribution in [0.5, 0.6) is 23.0 Å². The molecule has 5 aromatic carbocycles. The maximum absolute atomic E-state index is 10.9. The molecule has 0 heterocycles. The SMILES string of the molecule is C=C/C=C(/NCC(O)COc1ccc(C(C)(C)c2ccc(OCC(O)COc3ccc(C(C)(C)c4ccc(OCC(O)CNN(CC(O)COC)CC(O)COC)cc4)cc3)cc2)cc1)c1cc(/C=C\C)c(C=C)cc1C. The molecule has 77 heavy (non-hydrogen) atoms. The van der Waals surface area contributed by atoms with E-state index in [0.29, 0.717) is 23.0 Å². The molecule has 0 amide bonds. The van der Waals surface area contributed by atoms with Gasteiger partial charge in [0.25, 0.3) is 0 Å². The molecular formula is C63H83N3O11. The summed E-state index contributed by atoms with van der Waals surface area (Å²) in [4.78, 5) is 0. The highest BCUT2D eigenvalue weighted by Gasteiger charge is 2.25. The normalized spacial score (nSPS) is 14.2. The summed E-state index contributed by atoms with van der Waals surface area (Å²) in [6.07, 6.45) is 5.50. The van der Waals surface area contributed by atoms with Crippen LogP contribution in [0, 0.1) is 6.92 Å². The lowest BCUT2D eigenvalue weighted by atomic mass is 9.78. The minimum Gasteiger partial charge on any atom is -0.491 e. The molecule has 5 atom stereocenters.